The van der Waals surface area contributed by atoms with Crippen molar-refractivity contribution in [2.24, 2.45) is 5.92 Å². The van der Waals surface area contributed by atoms with Crippen LogP contribution < -0.4 is 14.8 Å². The zero-order chi connectivity index (χ0) is 21.9. The molecule has 0 aromatic heterocycles. The summed E-state index contributed by atoms with van der Waals surface area (Å²) < 4.78 is 37.8. The number of nitrogens with one attached hydrogen (secondary N) is 1. The Bertz CT molecular complexity index is 1030. The van der Waals surface area contributed by atoms with Crippen LogP contribution in [-0.4, -0.2) is 45.9 Å². The minimum Gasteiger partial charge on any atom is -0.493 e. The topological polar surface area (TPSA) is 84.9 Å². The highest BCUT2D eigenvalue weighted by atomic mass is 35.5. The van der Waals surface area contributed by atoms with Crippen molar-refractivity contribution in [1.82, 2.24) is 4.31 Å². The first kappa shape index (κ1) is 22.4. The first-order valence-corrected chi connectivity index (χ1v) is 11.4. The van der Waals surface area contributed by atoms with E-state index in [1.165, 1.54) is 30.7 Å². The van der Waals surface area contributed by atoms with Crippen molar-refractivity contribution in [3.05, 3.63) is 47.0 Å². The van der Waals surface area contributed by atoms with Gasteiger partial charge in [0.1, 0.15) is 0 Å². The minimum atomic E-state index is -3.69. The minimum absolute atomic E-state index is 0.127. The molecule has 0 spiro atoms. The molecule has 0 radical (unpaired) electrons. The van der Waals surface area contributed by atoms with Crippen LogP contribution in [0.2, 0.25) is 5.02 Å². The summed E-state index contributed by atoms with van der Waals surface area (Å²) >= 11 is 6.11. The number of hydrogen-bond acceptors (Lipinski definition) is 5. The van der Waals surface area contributed by atoms with Crippen LogP contribution in [0.25, 0.3) is 0 Å². The monoisotopic (exact) mass is 452 g/mol. The maximum absolute atomic E-state index is 13.0. The quantitative estimate of drug-likeness (QED) is 0.722. The number of carbonyl (C=O) groups is 1. The van der Waals surface area contributed by atoms with E-state index in [1.54, 1.807) is 18.2 Å². The maximum atomic E-state index is 13.0. The number of benzene rings is 2. The fraction of sp³-hybridized carbons (Fsp3) is 0.381. The summed E-state index contributed by atoms with van der Waals surface area (Å²) in [6.45, 7) is 2.43. The lowest BCUT2D eigenvalue weighted by Gasteiger charge is -2.30. The van der Waals surface area contributed by atoms with Gasteiger partial charge in [-0.3, -0.25) is 4.79 Å². The number of amides is 1. The summed E-state index contributed by atoms with van der Waals surface area (Å²) in [5, 5.41) is 3.46. The van der Waals surface area contributed by atoms with E-state index in [0.29, 0.717) is 35.1 Å². The second-order valence-electron chi connectivity index (χ2n) is 7.15. The molecule has 0 atom stereocenters. The molecule has 3 rings (SSSR count). The number of rotatable bonds is 6. The molecular weight excluding hydrogens is 428 g/mol. The van der Waals surface area contributed by atoms with E-state index in [9.17, 15) is 13.2 Å². The van der Waals surface area contributed by atoms with E-state index in [4.69, 9.17) is 21.1 Å². The summed E-state index contributed by atoms with van der Waals surface area (Å²) in [4.78, 5) is 12.7. The van der Waals surface area contributed by atoms with Crippen molar-refractivity contribution in [2.45, 2.75) is 24.7 Å². The highest BCUT2D eigenvalue weighted by molar-refractivity contribution is 7.89. The van der Waals surface area contributed by atoms with Gasteiger partial charge in [-0.2, -0.15) is 4.31 Å². The predicted octanol–water partition coefficient (Wildman–Crippen LogP) is 3.71. The van der Waals surface area contributed by atoms with Crippen LogP contribution in [0.4, 0.5) is 5.69 Å². The Balaban J connectivity index is 1.65. The van der Waals surface area contributed by atoms with E-state index in [0.717, 1.165) is 5.56 Å². The van der Waals surface area contributed by atoms with E-state index in [2.05, 4.69) is 5.32 Å². The standard InChI is InChI=1S/C21H25ClN2O5S/c1-14-4-5-16(12-18(14)22)23-21(25)15-8-10-24(11-9-15)30(26,27)17-6-7-19(28-2)20(13-17)29-3/h4-7,12-13,15H,8-11H2,1-3H3,(H,23,25). The number of anilines is 1. The van der Waals surface area contributed by atoms with Gasteiger partial charge < -0.3 is 14.8 Å². The van der Waals surface area contributed by atoms with E-state index in [1.807, 2.05) is 13.0 Å². The number of piperidine rings is 1. The first-order chi connectivity index (χ1) is 14.3. The van der Waals surface area contributed by atoms with E-state index in [-0.39, 0.29) is 29.8 Å². The number of aryl methyl sites for hydroxylation is 1. The van der Waals surface area contributed by atoms with Crippen LogP contribution in [0.1, 0.15) is 18.4 Å². The maximum Gasteiger partial charge on any atom is 0.243 e. The van der Waals surface area contributed by atoms with Crippen molar-refractivity contribution in [2.75, 3.05) is 32.6 Å². The molecule has 2 aromatic rings. The van der Waals surface area contributed by atoms with Crippen molar-refractivity contribution in [1.29, 1.82) is 0 Å². The Morgan fingerprint density at radius 3 is 2.33 bits per heavy atom. The van der Waals surface area contributed by atoms with Crippen molar-refractivity contribution >= 4 is 33.2 Å². The lowest BCUT2D eigenvalue weighted by Crippen LogP contribution is -2.41. The summed E-state index contributed by atoms with van der Waals surface area (Å²) in [5.41, 5.74) is 1.57. The summed E-state index contributed by atoms with van der Waals surface area (Å²) in [6.07, 6.45) is 0.885. The Labute approximate surface area is 182 Å². The first-order valence-electron chi connectivity index (χ1n) is 9.55. The Kier molecular flexibility index (Phi) is 6.90. The second-order valence-corrected chi connectivity index (χ2v) is 9.49. The SMILES string of the molecule is COc1ccc(S(=O)(=O)N2CCC(C(=O)Nc3ccc(C)c(Cl)c3)CC2)cc1OC. The Hall–Kier alpha value is -2.29. The molecule has 0 saturated carbocycles. The number of ether oxygens (including phenoxy) is 2. The molecule has 1 amide bonds. The van der Waals surface area contributed by atoms with Gasteiger partial charge in [0.2, 0.25) is 15.9 Å². The van der Waals surface area contributed by atoms with Crippen molar-refractivity contribution < 1.29 is 22.7 Å². The molecule has 9 heteroatoms. The average Bonchev–Trinajstić information content (AvgIpc) is 2.75. The summed E-state index contributed by atoms with van der Waals surface area (Å²) in [7, 11) is -0.739. The Morgan fingerprint density at radius 1 is 1.07 bits per heavy atom. The molecule has 1 heterocycles. The normalized spacial score (nSPS) is 15.6. The molecule has 0 unspecified atom stereocenters. The number of methoxy groups -OCH3 is 2. The molecule has 162 valence electrons. The second kappa shape index (κ2) is 9.24. The molecule has 1 N–H and O–H groups in total. The number of sulfonamides is 1. The number of carbonyl (C=O) groups excluding carboxylic acids is 1. The zero-order valence-corrected chi connectivity index (χ0v) is 18.7. The summed E-state index contributed by atoms with van der Waals surface area (Å²) in [6, 6.07) is 9.88. The van der Waals surface area contributed by atoms with Gasteiger partial charge >= 0.3 is 0 Å². The zero-order valence-electron chi connectivity index (χ0n) is 17.1. The van der Waals surface area contributed by atoms with Gasteiger partial charge in [-0.15, -0.1) is 0 Å². The molecule has 0 aliphatic carbocycles. The van der Waals surface area contributed by atoms with Gasteiger partial charge in [-0.25, -0.2) is 8.42 Å². The largest absolute Gasteiger partial charge is 0.493 e. The van der Waals surface area contributed by atoms with Crippen molar-refractivity contribution in [3.8, 4) is 11.5 Å². The van der Waals surface area contributed by atoms with Crippen LogP contribution in [0.15, 0.2) is 41.3 Å². The van der Waals surface area contributed by atoms with Gasteiger partial charge in [0, 0.05) is 35.8 Å². The fourth-order valence-electron chi connectivity index (χ4n) is 3.40. The van der Waals surface area contributed by atoms with Crippen LogP contribution in [0.5, 0.6) is 11.5 Å². The van der Waals surface area contributed by atoms with Crippen LogP contribution in [0.3, 0.4) is 0 Å². The summed E-state index contributed by atoms with van der Waals surface area (Å²) in [5.74, 6) is 0.424. The molecule has 1 aliphatic heterocycles. The van der Waals surface area contributed by atoms with E-state index >= 15 is 0 Å². The molecule has 1 saturated heterocycles. The van der Waals surface area contributed by atoms with Gasteiger partial charge in [-0.05, 0) is 49.6 Å². The van der Waals surface area contributed by atoms with Crippen LogP contribution in [0, 0.1) is 12.8 Å². The third-order valence-corrected chi connectivity index (χ3v) is 7.56. The molecule has 1 fully saturated rings. The number of hydrogen-bond donors (Lipinski definition) is 1. The molecule has 7 nitrogen and oxygen atoms in total. The third-order valence-electron chi connectivity index (χ3n) is 5.26. The highest BCUT2D eigenvalue weighted by Crippen LogP contribution is 2.32. The smallest absolute Gasteiger partial charge is 0.243 e. The van der Waals surface area contributed by atoms with Crippen LogP contribution in [-0.2, 0) is 14.8 Å². The third kappa shape index (κ3) is 4.71. The van der Waals surface area contributed by atoms with Crippen LogP contribution >= 0.6 is 11.6 Å². The van der Waals surface area contributed by atoms with E-state index < -0.39 is 10.0 Å². The van der Waals surface area contributed by atoms with Gasteiger partial charge in [0.15, 0.2) is 11.5 Å². The highest BCUT2D eigenvalue weighted by Gasteiger charge is 2.32. The van der Waals surface area contributed by atoms with Crippen molar-refractivity contribution in [3.63, 3.8) is 0 Å². The molecule has 30 heavy (non-hydrogen) atoms. The lowest BCUT2D eigenvalue weighted by atomic mass is 9.97. The van der Waals surface area contributed by atoms with Gasteiger partial charge in [0.05, 0.1) is 19.1 Å². The predicted molar refractivity (Wildman–Crippen MR) is 116 cm³/mol. The van der Waals surface area contributed by atoms with Gasteiger partial charge in [-0.1, -0.05) is 17.7 Å². The fourth-order valence-corrected chi connectivity index (χ4v) is 5.07. The Morgan fingerprint density at radius 2 is 1.73 bits per heavy atom. The molecule has 1 aliphatic rings. The van der Waals surface area contributed by atoms with Gasteiger partial charge in [0.25, 0.3) is 0 Å². The average molecular weight is 453 g/mol. The molecule has 0 bridgehead atoms. The molecular formula is C21H25ClN2O5S. The lowest BCUT2D eigenvalue weighted by molar-refractivity contribution is -0.120. The number of nitrogens with zero attached hydrogens (tertiary/aromatic N) is 1. The molecule has 2 aromatic carbocycles. The number of halogens is 1.